The van der Waals surface area contributed by atoms with Crippen molar-refractivity contribution in [3.05, 3.63) is 0 Å². The van der Waals surface area contributed by atoms with E-state index in [1.54, 1.807) is 6.92 Å². The minimum absolute atomic E-state index is 0.0359. The highest BCUT2D eigenvalue weighted by atomic mass is 16.5. The minimum Gasteiger partial charge on any atom is -0.455 e. The molecule has 0 aromatic heterocycles. The molecule has 0 bridgehead atoms. The molecule has 0 aromatic carbocycles. The molecule has 0 aromatic rings. The van der Waals surface area contributed by atoms with Crippen LogP contribution >= 0.6 is 0 Å². The topological polar surface area (TPSA) is 43.4 Å². The molecule has 0 saturated heterocycles. The van der Waals surface area contributed by atoms with Gasteiger partial charge in [-0.1, -0.05) is 46.0 Å². The Hall–Kier alpha value is -0.860. The standard InChI is InChI=1S/C14H26O3/c1-4-6-7-8-9-10-11-14(13(16)5-2)17-12(3)15/h14H,4-11H2,1-3H3. The number of rotatable bonds is 10. The molecule has 0 radical (unpaired) electrons. The summed E-state index contributed by atoms with van der Waals surface area (Å²) in [5.74, 6) is -0.323. The molecule has 0 saturated carbocycles. The summed E-state index contributed by atoms with van der Waals surface area (Å²) in [6.45, 7) is 5.36. The maximum atomic E-state index is 11.5. The van der Waals surface area contributed by atoms with E-state index >= 15 is 0 Å². The van der Waals surface area contributed by atoms with E-state index in [-0.39, 0.29) is 11.8 Å². The van der Waals surface area contributed by atoms with Crippen LogP contribution in [-0.4, -0.2) is 17.9 Å². The first kappa shape index (κ1) is 16.1. The van der Waals surface area contributed by atoms with Gasteiger partial charge in [0, 0.05) is 13.3 Å². The fraction of sp³-hybridized carbons (Fsp3) is 0.857. The molecular weight excluding hydrogens is 216 g/mol. The van der Waals surface area contributed by atoms with Crippen molar-refractivity contribution in [1.29, 1.82) is 0 Å². The fourth-order valence-electron chi connectivity index (χ4n) is 1.82. The molecule has 0 heterocycles. The van der Waals surface area contributed by atoms with E-state index < -0.39 is 6.10 Å². The summed E-state index contributed by atoms with van der Waals surface area (Å²) in [6, 6.07) is 0. The molecule has 0 fully saturated rings. The van der Waals surface area contributed by atoms with E-state index in [9.17, 15) is 9.59 Å². The van der Waals surface area contributed by atoms with Crippen LogP contribution in [0.25, 0.3) is 0 Å². The van der Waals surface area contributed by atoms with E-state index in [0.29, 0.717) is 12.8 Å². The van der Waals surface area contributed by atoms with Gasteiger partial charge >= 0.3 is 5.97 Å². The predicted molar refractivity (Wildman–Crippen MR) is 68.8 cm³/mol. The molecule has 0 amide bonds. The van der Waals surface area contributed by atoms with Crippen LogP contribution in [0, 0.1) is 0 Å². The van der Waals surface area contributed by atoms with Crippen molar-refractivity contribution in [3.63, 3.8) is 0 Å². The molecule has 1 unspecified atom stereocenters. The zero-order valence-electron chi connectivity index (χ0n) is 11.5. The van der Waals surface area contributed by atoms with Crippen LogP contribution in [-0.2, 0) is 14.3 Å². The van der Waals surface area contributed by atoms with Crippen LogP contribution in [0.5, 0.6) is 0 Å². The maximum Gasteiger partial charge on any atom is 0.303 e. The molecule has 0 rings (SSSR count). The number of unbranched alkanes of at least 4 members (excludes halogenated alkanes) is 5. The van der Waals surface area contributed by atoms with Crippen molar-refractivity contribution < 1.29 is 14.3 Å². The van der Waals surface area contributed by atoms with Crippen molar-refractivity contribution in [1.82, 2.24) is 0 Å². The van der Waals surface area contributed by atoms with Crippen molar-refractivity contribution in [2.75, 3.05) is 0 Å². The number of hydrogen-bond acceptors (Lipinski definition) is 3. The van der Waals surface area contributed by atoms with E-state index in [2.05, 4.69) is 6.92 Å². The summed E-state index contributed by atoms with van der Waals surface area (Å²) in [4.78, 5) is 22.4. The van der Waals surface area contributed by atoms with Crippen molar-refractivity contribution >= 4 is 11.8 Å². The molecule has 0 aliphatic carbocycles. The van der Waals surface area contributed by atoms with Gasteiger partial charge in [-0.15, -0.1) is 0 Å². The lowest BCUT2D eigenvalue weighted by Gasteiger charge is -2.14. The summed E-state index contributed by atoms with van der Waals surface area (Å²) >= 11 is 0. The van der Waals surface area contributed by atoms with Gasteiger partial charge in [-0.3, -0.25) is 9.59 Å². The van der Waals surface area contributed by atoms with Gasteiger partial charge in [-0.25, -0.2) is 0 Å². The van der Waals surface area contributed by atoms with Crippen LogP contribution in [0.3, 0.4) is 0 Å². The maximum absolute atomic E-state index is 11.5. The van der Waals surface area contributed by atoms with Gasteiger partial charge in [0.2, 0.25) is 0 Å². The van der Waals surface area contributed by atoms with Gasteiger partial charge in [0.25, 0.3) is 0 Å². The average molecular weight is 242 g/mol. The van der Waals surface area contributed by atoms with Gasteiger partial charge in [-0.2, -0.15) is 0 Å². The number of carbonyl (C=O) groups excluding carboxylic acids is 2. The van der Waals surface area contributed by atoms with Crippen LogP contribution in [0.2, 0.25) is 0 Å². The van der Waals surface area contributed by atoms with Crippen molar-refractivity contribution in [2.45, 2.75) is 78.2 Å². The Labute approximate surface area is 105 Å². The number of ether oxygens (including phenoxy) is 1. The van der Waals surface area contributed by atoms with Crippen LogP contribution in [0.15, 0.2) is 0 Å². The van der Waals surface area contributed by atoms with E-state index in [4.69, 9.17) is 4.74 Å². The second-order valence-corrected chi connectivity index (χ2v) is 4.47. The monoisotopic (exact) mass is 242 g/mol. The Morgan fingerprint density at radius 1 is 1.00 bits per heavy atom. The van der Waals surface area contributed by atoms with Crippen LogP contribution in [0.1, 0.15) is 72.1 Å². The number of carbonyl (C=O) groups is 2. The van der Waals surface area contributed by atoms with E-state index in [1.807, 2.05) is 0 Å². The Kier molecular flexibility index (Phi) is 9.78. The molecule has 1 atom stereocenters. The van der Waals surface area contributed by atoms with E-state index in [1.165, 1.54) is 32.6 Å². The summed E-state index contributed by atoms with van der Waals surface area (Å²) in [5, 5.41) is 0. The number of esters is 1. The fourth-order valence-corrected chi connectivity index (χ4v) is 1.82. The Morgan fingerprint density at radius 3 is 2.12 bits per heavy atom. The number of hydrogen-bond donors (Lipinski definition) is 0. The van der Waals surface area contributed by atoms with Crippen LogP contribution < -0.4 is 0 Å². The number of ketones is 1. The van der Waals surface area contributed by atoms with Gasteiger partial charge in [0.05, 0.1) is 0 Å². The lowest BCUT2D eigenvalue weighted by molar-refractivity contribution is -0.153. The second kappa shape index (κ2) is 10.3. The lowest BCUT2D eigenvalue weighted by Crippen LogP contribution is -2.25. The molecule has 0 N–H and O–H groups in total. The highest BCUT2D eigenvalue weighted by Gasteiger charge is 2.18. The Morgan fingerprint density at radius 2 is 1.59 bits per heavy atom. The number of Topliss-reactive ketones (excluding diaryl/α,β-unsaturated/α-hetero) is 1. The molecule has 3 nitrogen and oxygen atoms in total. The zero-order valence-corrected chi connectivity index (χ0v) is 11.5. The van der Waals surface area contributed by atoms with Gasteiger partial charge < -0.3 is 4.74 Å². The smallest absolute Gasteiger partial charge is 0.303 e. The third kappa shape index (κ3) is 8.90. The minimum atomic E-state index is -0.510. The molecule has 0 aliphatic heterocycles. The summed E-state index contributed by atoms with van der Waals surface area (Å²) in [7, 11) is 0. The largest absolute Gasteiger partial charge is 0.455 e. The molecule has 3 heteroatoms. The van der Waals surface area contributed by atoms with Gasteiger partial charge in [0.15, 0.2) is 11.9 Å². The molecule has 0 aliphatic rings. The highest BCUT2D eigenvalue weighted by Crippen LogP contribution is 2.12. The zero-order chi connectivity index (χ0) is 13.1. The molecule has 100 valence electrons. The van der Waals surface area contributed by atoms with Crippen molar-refractivity contribution in [3.8, 4) is 0 Å². The Bertz CT molecular complexity index is 224. The quantitative estimate of drug-likeness (QED) is 0.434. The Balaban J connectivity index is 3.76. The predicted octanol–water partition coefficient (Wildman–Crippen LogP) is 3.65. The summed E-state index contributed by atoms with van der Waals surface area (Å²) in [6.07, 6.45) is 7.68. The van der Waals surface area contributed by atoms with Crippen LogP contribution in [0.4, 0.5) is 0 Å². The average Bonchev–Trinajstić information content (AvgIpc) is 2.30. The first-order chi connectivity index (χ1) is 8.11. The SMILES string of the molecule is CCCCCCCCC(OC(C)=O)C(=O)CC. The van der Waals surface area contributed by atoms with Crippen molar-refractivity contribution in [2.24, 2.45) is 0 Å². The molecule has 17 heavy (non-hydrogen) atoms. The normalized spacial score (nSPS) is 12.2. The summed E-state index contributed by atoms with van der Waals surface area (Å²) in [5.41, 5.74) is 0. The van der Waals surface area contributed by atoms with Gasteiger partial charge in [0.1, 0.15) is 0 Å². The first-order valence-corrected chi connectivity index (χ1v) is 6.81. The second-order valence-electron chi connectivity index (χ2n) is 4.47. The van der Waals surface area contributed by atoms with Gasteiger partial charge in [-0.05, 0) is 12.8 Å². The molecular formula is C14H26O3. The lowest BCUT2D eigenvalue weighted by atomic mass is 10.0. The molecule has 0 spiro atoms. The highest BCUT2D eigenvalue weighted by molar-refractivity contribution is 5.84. The van der Waals surface area contributed by atoms with E-state index in [0.717, 1.165) is 12.8 Å². The first-order valence-electron chi connectivity index (χ1n) is 6.81. The summed E-state index contributed by atoms with van der Waals surface area (Å²) < 4.78 is 5.04. The third-order valence-corrected chi connectivity index (χ3v) is 2.84. The third-order valence-electron chi connectivity index (χ3n) is 2.84.